The molecule has 1 atom stereocenters. The maximum Gasteiger partial charge on any atom is 0.237 e. The number of anilines is 1. The van der Waals surface area contributed by atoms with Gasteiger partial charge in [-0.2, -0.15) is 0 Å². The number of carbonyl (C=O) groups excluding carboxylic acids is 1. The first-order valence-corrected chi connectivity index (χ1v) is 7.08. The van der Waals surface area contributed by atoms with Crippen molar-refractivity contribution in [3.05, 3.63) is 29.8 Å². The molecule has 1 heterocycles. The lowest BCUT2D eigenvalue weighted by Gasteiger charge is -2.21. The van der Waals surface area contributed by atoms with Gasteiger partial charge in [0.1, 0.15) is 0 Å². The molecule has 1 aromatic carbocycles. The summed E-state index contributed by atoms with van der Waals surface area (Å²) in [6.45, 7) is 6.63. The Morgan fingerprint density at radius 3 is 2.68 bits per heavy atom. The van der Waals surface area contributed by atoms with Crippen molar-refractivity contribution in [1.29, 1.82) is 0 Å². The third-order valence-corrected chi connectivity index (χ3v) is 4.04. The van der Waals surface area contributed by atoms with Crippen LogP contribution in [0.2, 0.25) is 0 Å². The molecule has 0 bridgehead atoms. The van der Waals surface area contributed by atoms with Gasteiger partial charge in [-0.05, 0) is 44.7 Å². The maximum atomic E-state index is 12.5. The van der Waals surface area contributed by atoms with Gasteiger partial charge in [-0.3, -0.25) is 4.79 Å². The Hall–Kier alpha value is -1.35. The maximum absolute atomic E-state index is 12.5. The Morgan fingerprint density at radius 1 is 1.32 bits per heavy atom. The molecule has 0 aliphatic carbocycles. The molecule has 1 unspecified atom stereocenters. The fourth-order valence-electron chi connectivity index (χ4n) is 2.71. The van der Waals surface area contributed by atoms with Crippen LogP contribution in [0.25, 0.3) is 0 Å². The summed E-state index contributed by atoms with van der Waals surface area (Å²) in [6.07, 6.45) is 2.12. The summed E-state index contributed by atoms with van der Waals surface area (Å²) < 4.78 is 0. The lowest BCUT2D eigenvalue weighted by atomic mass is 9.86. The first-order valence-electron chi connectivity index (χ1n) is 7.08. The number of amides is 1. The van der Waals surface area contributed by atoms with E-state index in [0.29, 0.717) is 6.54 Å². The molecular formula is C16H23NO2. The molecule has 3 nitrogen and oxygen atoms in total. The van der Waals surface area contributed by atoms with Crippen LogP contribution < -0.4 is 4.90 Å². The Balaban J connectivity index is 2.12. The van der Waals surface area contributed by atoms with Gasteiger partial charge >= 0.3 is 0 Å². The summed E-state index contributed by atoms with van der Waals surface area (Å²) >= 11 is 0. The fraction of sp³-hybridized carbons (Fsp3) is 0.562. The number of rotatable bonds is 5. The minimum atomic E-state index is -0.431. The number of hydrogen-bond donors (Lipinski definition) is 1. The topological polar surface area (TPSA) is 40.5 Å². The van der Waals surface area contributed by atoms with Gasteiger partial charge in [0, 0.05) is 12.2 Å². The van der Waals surface area contributed by atoms with E-state index in [0.717, 1.165) is 30.5 Å². The van der Waals surface area contributed by atoms with E-state index in [1.807, 2.05) is 49.9 Å². The molecule has 1 amide bonds. The van der Waals surface area contributed by atoms with E-state index in [2.05, 4.69) is 0 Å². The van der Waals surface area contributed by atoms with Crippen molar-refractivity contribution in [3.63, 3.8) is 0 Å². The summed E-state index contributed by atoms with van der Waals surface area (Å²) in [5, 5.41) is 9.59. The standard InChI is InChI=1S/C16H23NO2/c1-4-12(18)8-7-11-17-14-10-6-5-9-13(14)16(2,3)15(17)19/h5-6,9-10,12,18H,4,7-8,11H2,1-3H3. The van der Waals surface area contributed by atoms with Gasteiger partial charge in [-0.15, -0.1) is 0 Å². The second kappa shape index (κ2) is 5.33. The van der Waals surface area contributed by atoms with Crippen LogP contribution >= 0.6 is 0 Å². The zero-order valence-corrected chi connectivity index (χ0v) is 12.0. The minimum absolute atomic E-state index is 0.166. The predicted octanol–water partition coefficient (Wildman–Crippen LogP) is 2.86. The second-order valence-electron chi connectivity index (χ2n) is 5.80. The van der Waals surface area contributed by atoms with Gasteiger partial charge in [-0.1, -0.05) is 25.1 Å². The van der Waals surface area contributed by atoms with Gasteiger partial charge in [0.25, 0.3) is 0 Å². The van der Waals surface area contributed by atoms with E-state index in [4.69, 9.17) is 0 Å². The molecule has 2 rings (SSSR count). The molecule has 0 saturated carbocycles. The minimum Gasteiger partial charge on any atom is -0.393 e. The lowest BCUT2D eigenvalue weighted by Crippen LogP contribution is -2.36. The summed E-state index contributed by atoms with van der Waals surface area (Å²) in [5.41, 5.74) is 1.71. The van der Waals surface area contributed by atoms with Crippen LogP contribution in [0.5, 0.6) is 0 Å². The Labute approximate surface area is 115 Å². The molecule has 19 heavy (non-hydrogen) atoms. The number of aliphatic hydroxyl groups excluding tert-OH is 1. The molecule has 0 saturated heterocycles. The first-order chi connectivity index (χ1) is 8.98. The van der Waals surface area contributed by atoms with Crippen LogP contribution in [0, 0.1) is 0 Å². The SMILES string of the molecule is CCC(O)CCCN1C(=O)C(C)(C)c2ccccc21. The van der Waals surface area contributed by atoms with E-state index in [-0.39, 0.29) is 12.0 Å². The highest BCUT2D eigenvalue weighted by Crippen LogP contribution is 2.41. The van der Waals surface area contributed by atoms with Crippen molar-refractivity contribution in [3.8, 4) is 0 Å². The number of para-hydroxylation sites is 1. The fourth-order valence-corrected chi connectivity index (χ4v) is 2.71. The number of nitrogens with zero attached hydrogens (tertiary/aromatic N) is 1. The molecule has 0 spiro atoms. The average molecular weight is 261 g/mol. The second-order valence-corrected chi connectivity index (χ2v) is 5.80. The molecule has 1 aliphatic rings. The van der Waals surface area contributed by atoms with Gasteiger partial charge in [-0.25, -0.2) is 0 Å². The average Bonchev–Trinajstić information content (AvgIpc) is 2.60. The zero-order valence-electron chi connectivity index (χ0n) is 12.0. The molecule has 104 valence electrons. The van der Waals surface area contributed by atoms with Crippen LogP contribution in [-0.4, -0.2) is 23.7 Å². The molecule has 1 aromatic rings. The summed E-state index contributed by atoms with van der Waals surface area (Å²) in [5.74, 6) is 0.166. The van der Waals surface area contributed by atoms with E-state index in [9.17, 15) is 9.90 Å². The Bertz CT molecular complexity index is 468. The van der Waals surface area contributed by atoms with Gasteiger partial charge < -0.3 is 10.0 Å². The summed E-state index contributed by atoms with van der Waals surface area (Å²) in [6, 6.07) is 8.01. The van der Waals surface area contributed by atoms with Crippen LogP contribution in [0.15, 0.2) is 24.3 Å². The first kappa shape index (κ1) is 14.1. The van der Waals surface area contributed by atoms with Crippen LogP contribution in [-0.2, 0) is 10.2 Å². The van der Waals surface area contributed by atoms with E-state index in [1.165, 1.54) is 0 Å². The van der Waals surface area contributed by atoms with Crippen LogP contribution in [0.3, 0.4) is 0 Å². The van der Waals surface area contributed by atoms with Crippen molar-refractivity contribution in [2.24, 2.45) is 0 Å². The highest BCUT2D eigenvalue weighted by atomic mass is 16.3. The summed E-state index contributed by atoms with van der Waals surface area (Å²) in [4.78, 5) is 14.4. The van der Waals surface area contributed by atoms with Gasteiger partial charge in [0.2, 0.25) is 5.91 Å². The van der Waals surface area contributed by atoms with E-state index in [1.54, 1.807) is 0 Å². The molecule has 0 fully saturated rings. The molecule has 1 aliphatic heterocycles. The summed E-state index contributed by atoms with van der Waals surface area (Å²) in [7, 11) is 0. The largest absolute Gasteiger partial charge is 0.393 e. The lowest BCUT2D eigenvalue weighted by molar-refractivity contribution is -0.122. The Kier molecular flexibility index (Phi) is 3.95. The van der Waals surface area contributed by atoms with Crippen molar-refractivity contribution in [2.45, 2.75) is 51.6 Å². The highest BCUT2D eigenvalue weighted by Gasteiger charge is 2.43. The number of fused-ring (bicyclic) bond motifs is 1. The van der Waals surface area contributed by atoms with Crippen molar-refractivity contribution in [2.75, 3.05) is 11.4 Å². The van der Waals surface area contributed by atoms with E-state index < -0.39 is 5.41 Å². The van der Waals surface area contributed by atoms with E-state index >= 15 is 0 Å². The van der Waals surface area contributed by atoms with Crippen molar-refractivity contribution >= 4 is 11.6 Å². The molecule has 0 aromatic heterocycles. The number of hydrogen-bond acceptors (Lipinski definition) is 2. The quantitative estimate of drug-likeness (QED) is 0.885. The van der Waals surface area contributed by atoms with Crippen LogP contribution in [0.1, 0.15) is 45.6 Å². The molecule has 1 N–H and O–H groups in total. The smallest absolute Gasteiger partial charge is 0.237 e. The zero-order chi connectivity index (χ0) is 14.0. The third-order valence-electron chi connectivity index (χ3n) is 4.04. The number of benzene rings is 1. The number of aliphatic hydroxyl groups is 1. The van der Waals surface area contributed by atoms with Gasteiger partial charge in [0.15, 0.2) is 0 Å². The van der Waals surface area contributed by atoms with Crippen molar-refractivity contribution in [1.82, 2.24) is 0 Å². The molecule has 0 radical (unpaired) electrons. The van der Waals surface area contributed by atoms with Gasteiger partial charge in [0.05, 0.1) is 11.5 Å². The molecular weight excluding hydrogens is 238 g/mol. The predicted molar refractivity (Wildman–Crippen MR) is 77.4 cm³/mol. The normalized spacial score (nSPS) is 18.5. The van der Waals surface area contributed by atoms with Crippen molar-refractivity contribution < 1.29 is 9.90 Å². The Morgan fingerprint density at radius 2 is 2.00 bits per heavy atom. The van der Waals surface area contributed by atoms with Crippen LogP contribution in [0.4, 0.5) is 5.69 Å². The third kappa shape index (κ3) is 2.52. The highest BCUT2D eigenvalue weighted by molar-refractivity contribution is 6.07. The molecule has 3 heteroatoms. The monoisotopic (exact) mass is 261 g/mol. The number of carbonyl (C=O) groups is 1.